The number of ether oxygens (including phenoxy) is 1. The van der Waals surface area contributed by atoms with Crippen molar-refractivity contribution < 1.29 is 9.53 Å². The van der Waals surface area contributed by atoms with E-state index in [2.05, 4.69) is 18.8 Å². The molecule has 2 rings (SSSR count). The Hall–Kier alpha value is -1.36. The van der Waals surface area contributed by atoms with Crippen molar-refractivity contribution in [3.8, 4) is 0 Å². The van der Waals surface area contributed by atoms with Crippen LogP contribution in [0.3, 0.4) is 0 Å². The lowest BCUT2D eigenvalue weighted by Crippen LogP contribution is -2.54. The fourth-order valence-electron chi connectivity index (χ4n) is 2.46. The van der Waals surface area contributed by atoms with Gasteiger partial charge in [0.1, 0.15) is 11.4 Å². The first kappa shape index (κ1) is 14.1. The van der Waals surface area contributed by atoms with Crippen molar-refractivity contribution in [2.45, 2.75) is 51.6 Å². The van der Waals surface area contributed by atoms with Gasteiger partial charge in [-0.25, -0.2) is 9.78 Å². The molecule has 1 saturated carbocycles. The molecule has 5 nitrogen and oxygen atoms in total. The molecule has 0 amide bonds. The van der Waals surface area contributed by atoms with E-state index >= 15 is 0 Å². The van der Waals surface area contributed by atoms with Crippen LogP contribution >= 0.6 is 0 Å². The Labute approximate surface area is 114 Å². The number of hydrogen-bond acceptors (Lipinski definition) is 4. The first-order valence-corrected chi connectivity index (χ1v) is 6.96. The zero-order chi connectivity index (χ0) is 14.0. The van der Waals surface area contributed by atoms with Crippen LogP contribution in [0.5, 0.6) is 0 Å². The maximum atomic E-state index is 12.2. The minimum atomic E-state index is -0.916. The molecule has 1 aliphatic carbocycles. The molecule has 1 aliphatic rings. The van der Waals surface area contributed by atoms with Gasteiger partial charge in [-0.1, -0.05) is 13.8 Å². The van der Waals surface area contributed by atoms with Crippen LogP contribution in [-0.4, -0.2) is 27.7 Å². The van der Waals surface area contributed by atoms with E-state index in [0.29, 0.717) is 19.1 Å². The van der Waals surface area contributed by atoms with E-state index in [9.17, 15) is 4.79 Å². The van der Waals surface area contributed by atoms with Gasteiger partial charge in [-0.3, -0.25) is 0 Å². The molecule has 1 aromatic heterocycles. The number of esters is 1. The molecule has 1 fully saturated rings. The molecule has 19 heavy (non-hydrogen) atoms. The average molecular weight is 265 g/mol. The molecule has 1 atom stereocenters. The van der Waals surface area contributed by atoms with Gasteiger partial charge in [0, 0.05) is 18.3 Å². The number of nitrogens with two attached hydrogens (primary N) is 1. The van der Waals surface area contributed by atoms with Crippen LogP contribution in [0.15, 0.2) is 12.4 Å². The normalized spacial score (nSPS) is 18.4. The van der Waals surface area contributed by atoms with E-state index < -0.39 is 5.54 Å². The van der Waals surface area contributed by atoms with Crippen molar-refractivity contribution in [3.05, 3.63) is 18.2 Å². The Balaban J connectivity index is 2.21. The van der Waals surface area contributed by atoms with E-state index in [1.54, 1.807) is 6.20 Å². The molecule has 5 heteroatoms. The summed E-state index contributed by atoms with van der Waals surface area (Å²) in [4.78, 5) is 16.5. The minimum absolute atomic E-state index is 0.231. The van der Waals surface area contributed by atoms with Crippen molar-refractivity contribution in [1.82, 2.24) is 9.55 Å². The first-order chi connectivity index (χ1) is 8.99. The summed E-state index contributed by atoms with van der Waals surface area (Å²) in [6, 6.07) is 0. The topological polar surface area (TPSA) is 70.1 Å². The molecule has 1 heterocycles. The molecular weight excluding hydrogens is 242 g/mol. The number of rotatable bonds is 6. The highest BCUT2D eigenvalue weighted by molar-refractivity contribution is 5.81. The average Bonchev–Trinajstić information content (AvgIpc) is 3.11. The number of hydrogen-bond donors (Lipinski definition) is 1. The third-order valence-electron chi connectivity index (χ3n) is 3.66. The third kappa shape index (κ3) is 2.81. The summed E-state index contributed by atoms with van der Waals surface area (Å²) in [5.74, 6) is 1.20. The smallest absolute Gasteiger partial charge is 0.328 e. The highest BCUT2D eigenvalue weighted by atomic mass is 16.5. The molecule has 0 bridgehead atoms. The Morgan fingerprint density at radius 1 is 1.63 bits per heavy atom. The number of nitrogens with zero attached hydrogens (tertiary/aromatic N) is 2. The molecular formula is C14H23N3O2. The van der Waals surface area contributed by atoms with Crippen LogP contribution in [-0.2, 0) is 16.1 Å². The second kappa shape index (κ2) is 5.33. The summed E-state index contributed by atoms with van der Waals surface area (Å²) in [7, 11) is 0. The summed E-state index contributed by atoms with van der Waals surface area (Å²) in [6.07, 6.45) is 5.65. The van der Waals surface area contributed by atoms with Gasteiger partial charge < -0.3 is 15.0 Å². The van der Waals surface area contributed by atoms with Gasteiger partial charge in [-0.15, -0.1) is 0 Å². The van der Waals surface area contributed by atoms with Crippen molar-refractivity contribution in [3.63, 3.8) is 0 Å². The Bertz CT molecular complexity index is 451. The molecule has 0 radical (unpaired) electrons. The van der Waals surface area contributed by atoms with Gasteiger partial charge in [0.25, 0.3) is 0 Å². The maximum Gasteiger partial charge on any atom is 0.328 e. The van der Waals surface area contributed by atoms with Gasteiger partial charge >= 0.3 is 5.97 Å². The molecule has 0 aromatic carbocycles. The lowest BCUT2D eigenvalue weighted by molar-refractivity contribution is -0.151. The van der Waals surface area contributed by atoms with Crippen molar-refractivity contribution >= 4 is 5.97 Å². The van der Waals surface area contributed by atoms with Crippen LogP contribution in [0.2, 0.25) is 0 Å². The van der Waals surface area contributed by atoms with Gasteiger partial charge in [0.2, 0.25) is 0 Å². The highest BCUT2D eigenvalue weighted by Gasteiger charge is 2.49. The number of aromatic nitrogens is 2. The number of imidazole rings is 1. The van der Waals surface area contributed by atoms with Crippen molar-refractivity contribution in [2.24, 2.45) is 11.7 Å². The summed E-state index contributed by atoms with van der Waals surface area (Å²) >= 11 is 0. The van der Waals surface area contributed by atoms with Crippen LogP contribution in [0.1, 0.15) is 45.4 Å². The lowest BCUT2D eigenvalue weighted by atomic mass is 9.94. The van der Waals surface area contributed by atoms with E-state index in [1.165, 1.54) is 0 Å². The van der Waals surface area contributed by atoms with Gasteiger partial charge in [0.05, 0.1) is 13.2 Å². The zero-order valence-electron chi connectivity index (χ0n) is 11.9. The predicted octanol–water partition coefficient (Wildman–Crippen LogP) is 1.68. The second-order valence-electron chi connectivity index (χ2n) is 5.60. The molecule has 1 aromatic rings. The Kier molecular flexibility index (Phi) is 3.94. The summed E-state index contributed by atoms with van der Waals surface area (Å²) in [5.41, 5.74) is 5.45. The fraction of sp³-hybridized carbons (Fsp3) is 0.714. The zero-order valence-corrected chi connectivity index (χ0v) is 11.9. The molecule has 0 spiro atoms. The maximum absolute atomic E-state index is 12.2. The highest BCUT2D eigenvalue weighted by Crippen LogP contribution is 2.40. The van der Waals surface area contributed by atoms with Crippen LogP contribution < -0.4 is 5.73 Å². The molecule has 1 unspecified atom stereocenters. The molecule has 0 aliphatic heterocycles. The molecule has 106 valence electrons. The minimum Gasteiger partial charge on any atom is -0.465 e. The van der Waals surface area contributed by atoms with Crippen LogP contribution in [0.4, 0.5) is 0 Å². The van der Waals surface area contributed by atoms with Crippen molar-refractivity contribution in [2.75, 3.05) is 6.61 Å². The first-order valence-electron chi connectivity index (χ1n) is 6.96. The number of carbonyl (C=O) groups is 1. The monoisotopic (exact) mass is 265 g/mol. The molecule has 2 N–H and O–H groups in total. The van der Waals surface area contributed by atoms with Crippen molar-refractivity contribution in [1.29, 1.82) is 0 Å². The SMILES string of the molecule is CCOC(=O)C(N)(Cn1ccnc1C(C)C)C1CC1. The Morgan fingerprint density at radius 2 is 2.32 bits per heavy atom. The van der Waals surface area contributed by atoms with Gasteiger partial charge in [0.15, 0.2) is 0 Å². The Morgan fingerprint density at radius 3 is 2.84 bits per heavy atom. The van der Waals surface area contributed by atoms with Crippen LogP contribution in [0, 0.1) is 5.92 Å². The standard InChI is InChI=1S/C14H23N3O2/c1-4-19-13(18)14(15,11-5-6-11)9-17-8-7-16-12(17)10(2)3/h7-8,10-11H,4-6,9,15H2,1-3H3. The van der Waals surface area contributed by atoms with Crippen LogP contribution in [0.25, 0.3) is 0 Å². The number of carbonyl (C=O) groups excluding carboxylic acids is 1. The van der Waals surface area contributed by atoms with E-state index in [0.717, 1.165) is 18.7 Å². The summed E-state index contributed by atoms with van der Waals surface area (Å²) in [6.45, 7) is 6.79. The fourth-order valence-corrected chi connectivity index (χ4v) is 2.46. The molecule has 0 saturated heterocycles. The summed E-state index contributed by atoms with van der Waals surface area (Å²) in [5, 5.41) is 0. The lowest BCUT2D eigenvalue weighted by Gasteiger charge is -2.28. The quantitative estimate of drug-likeness (QED) is 0.794. The van der Waals surface area contributed by atoms with E-state index in [4.69, 9.17) is 10.5 Å². The summed E-state index contributed by atoms with van der Waals surface area (Å²) < 4.78 is 7.15. The van der Waals surface area contributed by atoms with Gasteiger partial charge in [-0.2, -0.15) is 0 Å². The van der Waals surface area contributed by atoms with E-state index in [1.807, 2.05) is 17.7 Å². The largest absolute Gasteiger partial charge is 0.465 e. The van der Waals surface area contributed by atoms with E-state index in [-0.39, 0.29) is 11.9 Å². The van der Waals surface area contributed by atoms with Gasteiger partial charge in [-0.05, 0) is 25.7 Å². The predicted molar refractivity (Wildman–Crippen MR) is 72.6 cm³/mol. The second-order valence-corrected chi connectivity index (χ2v) is 5.60. The third-order valence-corrected chi connectivity index (χ3v) is 3.66.